The molecular weight excluding hydrogens is 1350 g/mol. The van der Waals surface area contributed by atoms with Crippen molar-refractivity contribution in [3.05, 3.63) is 315 Å². The van der Waals surface area contributed by atoms with Gasteiger partial charge in [0.15, 0.2) is 0 Å². The number of rotatable bonds is 15. The molecule has 0 radical (unpaired) electrons. The maximum atomic E-state index is 12.2. The highest BCUT2D eigenvalue weighted by Gasteiger charge is 2.38. The van der Waals surface area contributed by atoms with Crippen LogP contribution in [0.3, 0.4) is 0 Å². The molecule has 0 fully saturated rings. The van der Waals surface area contributed by atoms with Crippen molar-refractivity contribution in [2.75, 3.05) is 67.1 Å². The van der Waals surface area contributed by atoms with Crippen molar-refractivity contribution in [2.24, 2.45) is 0 Å². The maximum Gasteiger partial charge on any atom is 0.227 e. The van der Waals surface area contributed by atoms with Crippen LogP contribution in [0.4, 0.5) is 22.7 Å². The lowest BCUT2D eigenvalue weighted by Crippen LogP contribution is -2.32. The van der Waals surface area contributed by atoms with Crippen LogP contribution in [0, 0.1) is 11.3 Å². The molecule has 0 N–H and O–H groups in total. The van der Waals surface area contributed by atoms with E-state index in [2.05, 4.69) is 123 Å². The van der Waals surface area contributed by atoms with E-state index in [1.807, 2.05) is 149 Å². The zero-order valence-corrected chi connectivity index (χ0v) is 60.6. The molecule has 12 heterocycles. The van der Waals surface area contributed by atoms with Crippen molar-refractivity contribution < 1.29 is 33.4 Å². The number of nitrogens with zero attached hydrogens (tertiary/aromatic N) is 13. The molecule has 4 unspecified atom stereocenters. The molecule has 0 saturated carbocycles. The van der Waals surface area contributed by atoms with Crippen LogP contribution in [0.5, 0.6) is 17.2 Å². The molecule has 8 aromatic carbocycles. The lowest BCUT2D eigenvalue weighted by atomic mass is 9.90. The van der Waals surface area contributed by atoms with Crippen LogP contribution in [0.2, 0.25) is 0 Å². The monoisotopic (exact) mass is 1430 g/mol. The Kier molecular flexibility index (Phi) is 18.6. The van der Waals surface area contributed by atoms with Gasteiger partial charge in [0, 0.05) is 107 Å². The van der Waals surface area contributed by atoms with E-state index in [0.29, 0.717) is 31.2 Å². The van der Waals surface area contributed by atoms with E-state index in [9.17, 15) is 19.2 Å². The van der Waals surface area contributed by atoms with Crippen molar-refractivity contribution in [3.8, 4) is 23.3 Å². The minimum Gasteiger partial charge on any atom is -0.497 e. The number of carbonyl (C=O) groups is 4. The smallest absolute Gasteiger partial charge is 0.227 e. The molecule has 20 heteroatoms. The zero-order chi connectivity index (χ0) is 73.5. The van der Waals surface area contributed by atoms with Crippen molar-refractivity contribution in [2.45, 2.75) is 101 Å². The molecule has 4 amide bonds. The van der Waals surface area contributed by atoms with Gasteiger partial charge in [0.1, 0.15) is 17.2 Å². The van der Waals surface area contributed by atoms with Crippen LogP contribution in [0.25, 0.3) is 0 Å². The summed E-state index contributed by atoms with van der Waals surface area (Å²) in [6.45, 7) is 3.20. The van der Waals surface area contributed by atoms with Crippen LogP contribution in [0.1, 0.15) is 144 Å². The van der Waals surface area contributed by atoms with Gasteiger partial charge in [-0.1, -0.05) is 103 Å². The molecule has 4 atom stereocenters. The number of aryl methyl sites for hydroxylation is 4. The van der Waals surface area contributed by atoms with Crippen molar-refractivity contribution >= 4 is 46.4 Å². The summed E-state index contributed by atoms with van der Waals surface area (Å²) in [7, 11) is 5.08. The van der Waals surface area contributed by atoms with Crippen LogP contribution < -0.4 is 33.8 Å². The first-order chi connectivity index (χ1) is 53.0. The van der Waals surface area contributed by atoms with Gasteiger partial charge in [-0.2, -0.15) is 5.26 Å². The third-order valence-corrected chi connectivity index (χ3v) is 22.5. The van der Waals surface area contributed by atoms with Crippen molar-refractivity contribution in [1.29, 1.82) is 5.26 Å². The largest absolute Gasteiger partial charge is 0.497 e. The van der Waals surface area contributed by atoms with Crippen LogP contribution >= 0.6 is 0 Å². The Hall–Kier alpha value is -12.6. The number of benzene rings is 8. The van der Waals surface area contributed by atoms with E-state index in [0.717, 1.165) is 134 Å². The van der Waals surface area contributed by atoms with Gasteiger partial charge in [-0.25, -0.2) is 19.9 Å². The Morgan fingerprint density at radius 1 is 0.333 bits per heavy atom. The van der Waals surface area contributed by atoms with E-state index in [-0.39, 0.29) is 47.8 Å². The standard InChI is InChI=1S/C22H18N4O.3C22H21N3O2/c23-13-15-1-3-16(4-2-15)21(25-10-8-24-14-25)19-11-17-5-6-20(27)26-9-7-18(12-19)22(17)26;1-27-19-5-2-15(3-6-19)21(24-11-9-23-14-24)18-12-16-4-7-20(26)25-10-8-17(13-18)22(16)25;1-27-19-4-2-3-15(13-19)21(24-10-8-23-14-24)18-11-16-5-6-20(26)25-9-7-17(12-18)22(16)25;1-27-19-5-3-2-4-18(19)22(24-11-9-23-14-24)17-12-15-6-7-20(26)25-10-8-16(13-17)21(15)25/h1-4,8,10-12,14,21H,5-7,9H2;2-3,5-6,9,11-14,21H,4,7-8,10H2,1H3;2-4,8,10-14,21H,5-7,9H2,1H3;2-5,9,11-14,22H,6-8,10H2,1H3. The first-order valence-corrected chi connectivity index (χ1v) is 37.1. The molecule has 8 aliphatic rings. The van der Waals surface area contributed by atoms with Crippen molar-refractivity contribution in [3.63, 3.8) is 0 Å². The minimum absolute atomic E-state index is 0.00605. The molecule has 0 saturated heterocycles. The third-order valence-electron chi connectivity index (χ3n) is 22.5. The molecular formula is C88H81N13O7. The normalized spacial score (nSPS) is 16.3. The minimum atomic E-state index is -0.0168. The second-order valence-corrected chi connectivity index (χ2v) is 28.6. The second kappa shape index (κ2) is 29.4. The summed E-state index contributed by atoms with van der Waals surface area (Å²) in [5.41, 5.74) is 24.9. The van der Waals surface area contributed by atoms with E-state index < -0.39 is 0 Å². The zero-order valence-electron chi connectivity index (χ0n) is 60.6. The number of hydrogen-bond acceptors (Lipinski definition) is 12. The molecule has 20 nitrogen and oxygen atoms in total. The molecule has 20 rings (SSSR count). The summed E-state index contributed by atoms with van der Waals surface area (Å²) in [5, 5.41) is 9.10. The lowest BCUT2D eigenvalue weighted by molar-refractivity contribution is -0.119. The fourth-order valence-electron chi connectivity index (χ4n) is 17.6. The average molecular weight is 1430 g/mol. The summed E-state index contributed by atoms with van der Waals surface area (Å²) < 4.78 is 24.9. The number of carbonyl (C=O) groups excluding carboxylic acids is 4. The highest BCUT2D eigenvalue weighted by molar-refractivity contribution is 6.01. The second-order valence-electron chi connectivity index (χ2n) is 28.6. The van der Waals surface area contributed by atoms with Gasteiger partial charge in [-0.3, -0.25) is 19.2 Å². The van der Waals surface area contributed by atoms with Gasteiger partial charge in [-0.15, -0.1) is 0 Å². The van der Waals surface area contributed by atoms with Gasteiger partial charge in [0.25, 0.3) is 0 Å². The molecule has 0 spiro atoms. The number of hydrogen-bond donors (Lipinski definition) is 0. The molecule has 8 aliphatic heterocycles. The number of amides is 4. The third kappa shape index (κ3) is 12.9. The number of aromatic nitrogens is 8. The summed E-state index contributed by atoms with van der Waals surface area (Å²) in [6.07, 6.45) is 31.9. The van der Waals surface area contributed by atoms with Gasteiger partial charge in [-0.05, 0) is 177 Å². The van der Waals surface area contributed by atoms with Crippen LogP contribution in [-0.2, 0) is 70.5 Å². The first-order valence-electron chi connectivity index (χ1n) is 37.1. The van der Waals surface area contributed by atoms with Crippen molar-refractivity contribution in [1.82, 2.24) is 38.2 Å². The number of imidazole rings is 4. The maximum absolute atomic E-state index is 12.2. The number of para-hydroxylation sites is 1. The Balaban J connectivity index is 0.000000105. The SMILES string of the molecule is COc1ccc(C(c2cc3c4c(c2)CCN4C(=O)CC3)n2ccnc2)cc1.COc1cccc(C(c2cc3c4c(c2)CCN4C(=O)CC3)n2ccnc2)c1.COc1ccccc1C(c1cc2c3c(c1)CCN3C(=O)CC2)n1ccnc1.N#Cc1ccc(C(c2cc3c4c(c2)CCN4C(=O)CC3)n2ccnc2)cc1. The van der Waals surface area contributed by atoms with Gasteiger partial charge >= 0.3 is 0 Å². The van der Waals surface area contributed by atoms with E-state index >= 15 is 0 Å². The average Bonchev–Trinajstić information content (AvgIpc) is 1.66. The fourth-order valence-corrected chi connectivity index (χ4v) is 17.6. The summed E-state index contributed by atoms with van der Waals surface area (Å²) >= 11 is 0. The highest BCUT2D eigenvalue weighted by Crippen LogP contribution is 2.46. The Bertz CT molecular complexity index is 5420. The molecule has 0 aliphatic carbocycles. The predicted octanol–water partition coefficient (Wildman–Crippen LogP) is 13.3. The van der Waals surface area contributed by atoms with Crippen LogP contribution in [0.15, 0.2) is 220 Å². The van der Waals surface area contributed by atoms with E-state index in [4.69, 9.17) is 19.5 Å². The van der Waals surface area contributed by atoms with E-state index in [1.165, 1.54) is 72.3 Å². The Morgan fingerprint density at radius 3 is 1.03 bits per heavy atom. The van der Waals surface area contributed by atoms with E-state index in [1.54, 1.807) is 33.7 Å². The number of ether oxygens (including phenoxy) is 3. The molecule has 12 aromatic rings. The Labute approximate surface area is 626 Å². The first kappa shape index (κ1) is 68.5. The van der Waals surface area contributed by atoms with Gasteiger partial charge in [0.2, 0.25) is 23.6 Å². The molecule has 108 heavy (non-hydrogen) atoms. The summed E-state index contributed by atoms with van der Waals surface area (Å²) in [5.74, 6) is 3.57. The van der Waals surface area contributed by atoms with Gasteiger partial charge in [0.05, 0.1) is 105 Å². The predicted molar refractivity (Wildman–Crippen MR) is 411 cm³/mol. The molecule has 4 aromatic heterocycles. The Morgan fingerprint density at radius 2 is 0.676 bits per heavy atom. The molecule has 540 valence electrons. The molecule has 0 bridgehead atoms. The van der Waals surface area contributed by atoms with Gasteiger partial charge < -0.3 is 52.1 Å². The number of anilines is 4. The number of nitriles is 1. The number of methoxy groups -OCH3 is 3. The highest BCUT2D eigenvalue weighted by atomic mass is 16.5. The van der Waals surface area contributed by atoms with Crippen LogP contribution in [-0.4, -0.2) is 109 Å². The quantitative estimate of drug-likeness (QED) is 0.0940. The topological polar surface area (TPSA) is 204 Å². The fraction of sp³-hybridized carbons (Fsp3) is 0.261. The summed E-state index contributed by atoms with van der Waals surface area (Å²) in [6, 6.07) is 52.6. The summed E-state index contributed by atoms with van der Waals surface area (Å²) in [4.78, 5) is 73.7. The lowest BCUT2D eigenvalue weighted by Gasteiger charge is -2.28.